The molecule has 0 spiro atoms. The van der Waals surface area contributed by atoms with Crippen LogP contribution in [-0.4, -0.2) is 23.9 Å². The van der Waals surface area contributed by atoms with Crippen LogP contribution in [0.3, 0.4) is 0 Å². The molecule has 0 unspecified atom stereocenters. The van der Waals surface area contributed by atoms with E-state index in [0.29, 0.717) is 0 Å². The highest BCUT2D eigenvalue weighted by Gasteiger charge is 2.19. The zero-order valence-corrected chi connectivity index (χ0v) is 14.1. The molecule has 0 aliphatic rings. The number of methoxy groups -OCH3 is 1. The Bertz CT molecular complexity index is 635. The van der Waals surface area contributed by atoms with Crippen LogP contribution in [0.2, 0.25) is 0 Å². The van der Waals surface area contributed by atoms with Gasteiger partial charge < -0.3 is 10.1 Å². The molecular formula is C15H20BrN3O. The maximum atomic E-state index is 5.56. The average molecular weight is 338 g/mol. The van der Waals surface area contributed by atoms with Crippen molar-refractivity contribution >= 4 is 15.9 Å². The SMILES string of the molecule is CNCc1c(Br)c(-c2cc(C)cc(C)c2OC)nn1C. The summed E-state index contributed by atoms with van der Waals surface area (Å²) in [4.78, 5) is 0. The van der Waals surface area contributed by atoms with Gasteiger partial charge in [0, 0.05) is 19.2 Å². The predicted octanol–water partition coefficient (Wildman–Crippen LogP) is 3.19. The average Bonchev–Trinajstić information content (AvgIpc) is 2.66. The lowest BCUT2D eigenvalue weighted by atomic mass is 10.0. The van der Waals surface area contributed by atoms with Gasteiger partial charge in [0.15, 0.2) is 0 Å². The van der Waals surface area contributed by atoms with E-state index in [1.165, 1.54) is 5.56 Å². The molecule has 20 heavy (non-hydrogen) atoms. The fourth-order valence-electron chi connectivity index (χ4n) is 2.47. The molecule has 2 rings (SSSR count). The molecule has 0 atom stereocenters. The normalized spacial score (nSPS) is 10.9. The second kappa shape index (κ2) is 5.97. The first kappa shape index (κ1) is 15.1. The quantitative estimate of drug-likeness (QED) is 0.931. The molecule has 0 amide bonds. The topological polar surface area (TPSA) is 39.1 Å². The van der Waals surface area contributed by atoms with Crippen molar-refractivity contribution in [1.82, 2.24) is 15.1 Å². The summed E-state index contributed by atoms with van der Waals surface area (Å²) in [6.07, 6.45) is 0. The van der Waals surface area contributed by atoms with Gasteiger partial charge in [0.1, 0.15) is 11.4 Å². The number of hydrogen-bond acceptors (Lipinski definition) is 3. The lowest BCUT2D eigenvalue weighted by Gasteiger charge is -2.11. The van der Waals surface area contributed by atoms with Crippen molar-refractivity contribution in [2.45, 2.75) is 20.4 Å². The fourth-order valence-corrected chi connectivity index (χ4v) is 3.16. The van der Waals surface area contributed by atoms with E-state index in [4.69, 9.17) is 4.74 Å². The number of rotatable bonds is 4. The van der Waals surface area contributed by atoms with E-state index in [-0.39, 0.29) is 0 Å². The molecule has 0 fully saturated rings. The van der Waals surface area contributed by atoms with Gasteiger partial charge in [-0.1, -0.05) is 6.07 Å². The molecular weight excluding hydrogens is 318 g/mol. The maximum Gasteiger partial charge on any atom is 0.131 e. The predicted molar refractivity (Wildman–Crippen MR) is 85.1 cm³/mol. The van der Waals surface area contributed by atoms with Crippen LogP contribution >= 0.6 is 15.9 Å². The Balaban J connectivity index is 2.65. The van der Waals surface area contributed by atoms with Crippen molar-refractivity contribution in [1.29, 1.82) is 0 Å². The first-order chi connectivity index (χ1) is 9.49. The largest absolute Gasteiger partial charge is 0.496 e. The van der Waals surface area contributed by atoms with Crippen LogP contribution in [0.15, 0.2) is 16.6 Å². The third kappa shape index (κ3) is 2.60. The van der Waals surface area contributed by atoms with E-state index in [0.717, 1.165) is 39.3 Å². The Kier molecular flexibility index (Phi) is 4.50. The summed E-state index contributed by atoms with van der Waals surface area (Å²) in [5.41, 5.74) is 5.38. The van der Waals surface area contributed by atoms with Gasteiger partial charge in [0.25, 0.3) is 0 Å². The number of aryl methyl sites for hydroxylation is 3. The van der Waals surface area contributed by atoms with E-state index in [2.05, 4.69) is 52.3 Å². The molecule has 0 saturated carbocycles. The lowest BCUT2D eigenvalue weighted by molar-refractivity contribution is 0.413. The smallest absolute Gasteiger partial charge is 0.131 e. The van der Waals surface area contributed by atoms with Gasteiger partial charge in [-0.3, -0.25) is 4.68 Å². The highest BCUT2D eigenvalue weighted by atomic mass is 79.9. The van der Waals surface area contributed by atoms with Crippen molar-refractivity contribution in [3.05, 3.63) is 33.4 Å². The van der Waals surface area contributed by atoms with Crippen molar-refractivity contribution < 1.29 is 4.74 Å². The van der Waals surface area contributed by atoms with E-state index >= 15 is 0 Å². The van der Waals surface area contributed by atoms with Crippen LogP contribution in [-0.2, 0) is 13.6 Å². The Labute approximate surface area is 128 Å². The molecule has 5 heteroatoms. The lowest BCUT2D eigenvalue weighted by Crippen LogP contribution is -2.10. The molecule has 1 N–H and O–H groups in total. The molecule has 108 valence electrons. The second-order valence-corrected chi connectivity index (χ2v) is 5.72. The standard InChI is InChI=1S/C15H20BrN3O/c1-9-6-10(2)15(20-5)11(7-9)14-13(16)12(8-17-3)19(4)18-14/h6-7,17H,8H2,1-5H3. The maximum absolute atomic E-state index is 5.56. The van der Waals surface area contributed by atoms with Gasteiger partial charge in [-0.2, -0.15) is 5.10 Å². The van der Waals surface area contributed by atoms with Crippen molar-refractivity contribution in [2.75, 3.05) is 14.2 Å². The highest BCUT2D eigenvalue weighted by Crippen LogP contribution is 2.38. The number of aromatic nitrogens is 2. The fraction of sp³-hybridized carbons (Fsp3) is 0.400. The monoisotopic (exact) mass is 337 g/mol. The van der Waals surface area contributed by atoms with Crippen molar-refractivity contribution in [3.8, 4) is 17.0 Å². The summed E-state index contributed by atoms with van der Waals surface area (Å²) in [5.74, 6) is 0.880. The van der Waals surface area contributed by atoms with Crippen LogP contribution < -0.4 is 10.1 Å². The molecule has 0 radical (unpaired) electrons. The second-order valence-electron chi connectivity index (χ2n) is 4.93. The number of halogens is 1. The van der Waals surface area contributed by atoms with E-state index in [1.54, 1.807) is 7.11 Å². The van der Waals surface area contributed by atoms with Gasteiger partial charge in [-0.25, -0.2) is 0 Å². The van der Waals surface area contributed by atoms with Crippen LogP contribution in [0.5, 0.6) is 5.75 Å². The van der Waals surface area contributed by atoms with Crippen LogP contribution in [0.4, 0.5) is 0 Å². The minimum Gasteiger partial charge on any atom is -0.496 e. The number of ether oxygens (including phenoxy) is 1. The molecule has 0 bridgehead atoms. The minimum atomic E-state index is 0.761. The van der Waals surface area contributed by atoms with Crippen molar-refractivity contribution in [2.24, 2.45) is 7.05 Å². The zero-order chi connectivity index (χ0) is 14.9. The van der Waals surface area contributed by atoms with Crippen LogP contribution in [0.1, 0.15) is 16.8 Å². The zero-order valence-electron chi connectivity index (χ0n) is 12.5. The van der Waals surface area contributed by atoms with Gasteiger partial charge in [0.05, 0.1) is 17.3 Å². The third-order valence-corrected chi connectivity index (χ3v) is 4.16. The number of benzene rings is 1. The van der Waals surface area contributed by atoms with E-state index in [1.807, 2.05) is 18.8 Å². The summed E-state index contributed by atoms with van der Waals surface area (Å²) in [5, 5.41) is 7.80. The molecule has 4 nitrogen and oxygen atoms in total. The molecule has 0 aliphatic carbocycles. The molecule has 1 aromatic heterocycles. The highest BCUT2D eigenvalue weighted by molar-refractivity contribution is 9.10. The summed E-state index contributed by atoms with van der Waals surface area (Å²) in [6.45, 7) is 4.90. The first-order valence-electron chi connectivity index (χ1n) is 6.51. The van der Waals surface area contributed by atoms with Crippen LogP contribution in [0, 0.1) is 13.8 Å². The number of nitrogens with zero attached hydrogens (tertiary/aromatic N) is 2. The number of nitrogens with one attached hydrogen (secondary N) is 1. The first-order valence-corrected chi connectivity index (χ1v) is 7.30. The van der Waals surface area contributed by atoms with Gasteiger partial charge in [0.2, 0.25) is 0 Å². The summed E-state index contributed by atoms with van der Waals surface area (Å²) < 4.78 is 8.47. The molecule has 1 heterocycles. The molecule has 2 aromatic rings. The summed E-state index contributed by atoms with van der Waals surface area (Å²) >= 11 is 3.67. The summed E-state index contributed by atoms with van der Waals surface area (Å²) in [6, 6.07) is 4.23. The molecule has 0 aliphatic heterocycles. The molecule has 1 aromatic carbocycles. The number of hydrogen-bond donors (Lipinski definition) is 1. The van der Waals surface area contributed by atoms with E-state index in [9.17, 15) is 0 Å². The van der Waals surface area contributed by atoms with Crippen molar-refractivity contribution in [3.63, 3.8) is 0 Å². The minimum absolute atomic E-state index is 0.761. The Morgan fingerprint density at radius 3 is 2.65 bits per heavy atom. The van der Waals surface area contributed by atoms with Gasteiger partial charge >= 0.3 is 0 Å². The Morgan fingerprint density at radius 2 is 2.05 bits per heavy atom. The van der Waals surface area contributed by atoms with Gasteiger partial charge in [-0.05, 0) is 54.0 Å². The Hall–Kier alpha value is -1.33. The molecule has 0 saturated heterocycles. The third-order valence-electron chi connectivity index (χ3n) is 3.32. The Morgan fingerprint density at radius 1 is 1.35 bits per heavy atom. The van der Waals surface area contributed by atoms with Gasteiger partial charge in [-0.15, -0.1) is 0 Å². The van der Waals surface area contributed by atoms with Crippen LogP contribution in [0.25, 0.3) is 11.3 Å². The van der Waals surface area contributed by atoms with E-state index < -0.39 is 0 Å². The summed E-state index contributed by atoms with van der Waals surface area (Å²) in [7, 11) is 5.58.